The summed E-state index contributed by atoms with van der Waals surface area (Å²) in [5, 5.41) is 12.6. The Kier molecular flexibility index (Phi) is 3.65. The lowest BCUT2D eigenvalue weighted by Gasteiger charge is -2.57. The number of rotatable bonds is 3. The first kappa shape index (κ1) is 17.2. The Morgan fingerprint density at radius 3 is 2.21 bits per heavy atom. The fourth-order valence-corrected chi connectivity index (χ4v) is 6.93. The van der Waals surface area contributed by atoms with Gasteiger partial charge in [0, 0.05) is 17.0 Å². The lowest BCUT2D eigenvalue weighted by molar-refractivity contribution is -0.00596. The summed E-state index contributed by atoms with van der Waals surface area (Å²) in [4.78, 5) is 0. The summed E-state index contributed by atoms with van der Waals surface area (Å²) < 4.78 is 6.53. The zero-order chi connectivity index (χ0) is 19.6. The fourth-order valence-electron chi connectivity index (χ4n) is 6.93. The first-order valence-corrected chi connectivity index (χ1v) is 10.9. The molecule has 4 aliphatic rings. The molecule has 3 aromatic carbocycles. The highest BCUT2D eigenvalue weighted by Gasteiger charge is 2.52. The van der Waals surface area contributed by atoms with Gasteiger partial charge in [0.05, 0.1) is 5.69 Å². The SMILES string of the molecule is Nc1cc(C23CC4CC(CC(C4)C2)C3)c(Oc2cccc3ccccc23)cc1O. The van der Waals surface area contributed by atoms with Gasteiger partial charge < -0.3 is 15.6 Å². The van der Waals surface area contributed by atoms with Crippen molar-refractivity contribution in [2.75, 3.05) is 5.73 Å². The van der Waals surface area contributed by atoms with E-state index in [0.29, 0.717) is 5.69 Å². The molecule has 4 bridgehead atoms. The maximum Gasteiger partial charge on any atom is 0.142 e. The molecule has 0 unspecified atom stereocenters. The summed E-state index contributed by atoms with van der Waals surface area (Å²) in [6.45, 7) is 0. The molecule has 3 nitrogen and oxygen atoms in total. The predicted octanol–water partition coefficient (Wildman–Crippen LogP) is 6.39. The molecule has 0 saturated heterocycles. The third kappa shape index (κ3) is 2.71. The average molecular weight is 386 g/mol. The number of fused-ring (bicyclic) bond motifs is 1. The number of hydrogen-bond donors (Lipinski definition) is 2. The molecule has 0 aromatic heterocycles. The van der Waals surface area contributed by atoms with Crippen LogP contribution in [0.5, 0.6) is 17.2 Å². The molecule has 0 spiro atoms. The summed E-state index contributed by atoms with van der Waals surface area (Å²) in [5.74, 6) is 4.21. The van der Waals surface area contributed by atoms with Gasteiger partial charge in [-0.25, -0.2) is 0 Å². The number of phenolic OH excluding ortho intramolecular Hbond substituents is 1. The normalized spacial score (nSPS) is 30.0. The highest BCUT2D eigenvalue weighted by molar-refractivity contribution is 5.88. The van der Waals surface area contributed by atoms with Gasteiger partial charge in [-0.15, -0.1) is 0 Å². The molecular weight excluding hydrogens is 358 g/mol. The number of ether oxygens (including phenoxy) is 1. The molecule has 0 heterocycles. The number of benzene rings is 3. The van der Waals surface area contributed by atoms with Gasteiger partial charge in [-0.2, -0.15) is 0 Å². The predicted molar refractivity (Wildman–Crippen MR) is 116 cm³/mol. The molecule has 7 rings (SSSR count). The van der Waals surface area contributed by atoms with Crippen molar-refractivity contribution in [2.45, 2.75) is 43.9 Å². The second-order valence-corrected chi connectivity index (χ2v) is 9.68. The Balaban J connectivity index is 1.48. The van der Waals surface area contributed by atoms with Crippen molar-refractivity contribution in [3.8, 4) is 17.2 Å². The molecule has 0 atom stereocenters. The van der Waals surface area contributed by atoms with Crippen LogP contribution in [0.15, 0.2) is 54.6 Å². The minimum Gasteiger partial charge on any atom is -0.506 e. The number of anilines is 1. The average Bonchev–Trinajstić information content (AvgIpc) is 2.70. The first-order valence-electron chi connectivity index (χ1n) is 10.9. The number of aromatic hydroxyl groups is 1. The molecule has 29 heavy (non-hydrogen) atoms. The minimum atomic E-state index is 0.105. The molecule has 4 saturated carbocycles. The Hall–Kier alpha value is -2.68. The van der Waals surface area contributed by atoms with E-state index in [1.807, 2.05) is 30.3 Å². The number of nitrogens with two attached hydrogens (primary N) is 1. The van der Waals surface area contributed by atoms with Gasteiger partial charge in [-0.1, -0.05) is 36.4 Å². The van der Waals surface area contributed by atoms with E-state index in [0.717, 1.165) is 40.0 Å². The van der Waals surface area contributed by atoms with Gasteiger partial charge in [0.1, 0.15) is 17.2 Å². The van der Waals surface area contributed by atoms with Gasteiger partial charge in [0.15, 0.2) is 0 Å². The van der Waals surface area contributed by atoms with Crippen LogP contribution in [0.1, 0.15) is 44.1 Å². The zero-order valence-electron chi connectivity index (χ0n) is 16.6. The summed E-state index contributed by atoms with van der Waals surface area (Å²) in [5.41, 5.74) is 8.00. The van der Waals surface area contributed by atoms with E-state index in [1.54, 1.807) is 6.07 Å². The Bertz CT molecular complexity index is 1060. The summed E-state index contributed by atoms with van der Waals surface area (Å²) in [6.07, 6.45) is 7.88. The van der Waals surface area contributed by atoms with Crippen molar-refractivity contribution in [3.05, 3.63) is 60.2 Å². The smallest absolute Gasteiger partial charge is 0.142 e. The van der Waals surface area contributed by atoms with Crippen LogP contribution in [0.3, 0.4) is 0 Å². The quantitative estimate of drug-likeness (QED) is 0.406. The molecule has 3 aromatic rings. The maximum absolute atomic E-state index is 10.4. The molecule has 0 radical (unpaired) electrons. The van der Waals surface area contributed by atoms with Crippen LogP contribution in [-0.4, -0.2) is 5.11 Å². The van der Waals surface area contributed by atoms with Crippen LogP contribution in [0.25, 0.3) is 10.8 Å². The second-order valence-electron chi connectivity index (χ2n) is 9.68. The molecular formula is C26H27NO2. The standard InChI is InChI=1S/C26H27NO2/c27-22-11-21(26-13-16-8-17(14-26)10-18(9-16)15-26)25(12-23(22)28)29-24-7-3-5-19-4-1-2-6-20(19)24/h1-7,11-12,16-18,28H,8-10,13-15,27H2. The van der Waals surface area contributed by atoms with Gasteiger partial charge in [0.2, 0.25) is 0 Å². The number of nitrogen functional groups attached to an aromatic ring is 1. The van der Waals surface area contributed by atoms with Crippen molar-refractivity contribution in [2.24, 2.45) is 17.8 Å². The van der Waals surface area contributed by atoms with E-state index >= 15 is 0 Å². The number of hydrogen-bond acceptors (Lipinski definition) is 3. The van der Waals surface area contributed by atoms with Crippen LogP contribution in [0.4, 0.5) is 5.69 Å². The third-order valence-electron chi connectivity index (χ3n) is 7.71. The van der Waals surface area contributed by atoms with E-state index in [-0.39, 0.29) is 11.2 Å². The van der Waals surface area contributed by atoms with E-state index in [1.165, 1.54) is 44.1 Å². The Morgan fingerprint density at radius 1 is 0.828 bits per heavy atom. The largest absolute Gasteiger partial charge is 0.506 e. The lowest BCUT2D eigenvalue weighted by atomic mass is 9.48. The molecule has 4 fully saturated rings. The highest BCUT2D eigenvalue weighted by Crippen LogP contribution is 2.62. The maximum atomic E-state index is 10.4. The van der Waals surface area contributed by atoms with Crippen molar-refractivity contribution >= 4 is 16.5 Å². The monoisotopic (exact) mass is 385 g/mol. The Labute approximate surface area is 171 Å². The van der Waals surface area contributed by atoms with E-state index in [4.69, 9.17) is 10.5 Å². The fraction of sp³-hybridized carbons (Fsp3) is 0.385. The molecule has 0 amide bonds. The van der Waals surface area contributed by atoms with E-state index in [2.05, 4.69) is 18.2 Å². The third-order valence-corrected chi connectivity index (χ3v) is 7.71. The van der Waals surface area contributed by atoms with Crippen LogP contribution in [0.2, 0.25) is 0 Å². The van der Waals surface area contributed by atoms with Crippen molar-refractivity contribution in [1.82, 2.24) is 0 Å². The summed E-state index contributed by atoms with van der Waals surface area (Å²) >= 11 is 0. The lowest BCUT2D eigenvalue weighted by Crippen LogP contribution is -2.48. The molecule has 148 valence electrons. The van der Waals surface area contributed by atoms with Gasteiger partial charge in [0.25, 0.3) is 0 Å². The van der Waals surface area contributed by atoms with Crippen molar-refractivity contribution in [3.63, 3.8) is 0 Å². The van der Waals surface area contributed by atoms with Gasteiger partial charge >= 0.3 is 0 Å². The van der Waals surface area contributed by atoms with Gasteiger partial charge in [-0.05, 0) is 79.2 Å². The van der Waals surface area contributed by atoms with E-state index < -0.39 is 0 Å². The van der Waals surface area contributed by atoms with E-state index in [9.17, 15) is 5.11 Å². The molecule has 3 N–H and O–H groups in total. The van der Waals surface area contributed by atoms with Crippen LogP contribution >= 0.6 is 0 Å². The van der Waals surface area contributed by atoms with Crippen LogP contribution in [-0.2, 0) is 5.41 Å². The first-order chi connectivity index (χ1) is 14.1. The zero-order valence-corrected chi connectivity index (χ0v) is 16.6. The topological polar surface area (TPSA) is 55.5 Å². The van der Waals surface area contributed by atoms with Crippen LogP contribution < -0.4 is 10.5 Å². The summed E-state index contributed by atoms with van der Waals surface area (Å²) in [7, 11) is 0. The van der Waals surface area contributed by atoms with Gasteiger partial charge in [-0.3, -0.25) is 0 Å². The summed E-state index contributed by atoms with van der Waals surface area (Å²) in [6, 6.07) is 18.2. The van der Waals surface area contributed by atoms with Crippen LogP contribution in [0, 0.1) is 17.8 Å². The van der Waals surface area contributed by atoms with Crippen molar-refractivity contribution < 1.29 is 9.84 Å². The molecule has 4 aliphatic carbocycles. The second kappa shape index (κ2) is 6.16. The highest BCUT2D eigenvalue weighted by atomic mass is 16.5. The molecule has 0 aliphatic heterocycles. The molecule has 3 heteroatoms. The Morgan fingerprint density at radius 2 is 1.48 bits per heavy atom. The number of phenols is 1. The van der Waals surface area contributed by atoms with Crippen molar-refractivity contribution in [1.29, 1.82) is 0 Å². The minimum absolute atomic E-state index is 0.105.